The van der Waals surface area contributed by atoms with Gasteiger partial charge in [-0.1, -0.05) is 13.0 Å². The first kappa shape index (κ1) is 13.5. The van der Waals surface area contributed by atoms with Crippen molar-refractivity contribution in [2.75, 3.05) is 39.3 Å². The van der Waals surface area contributed by atoms with Gasteiger partial charge in [-0.3, -0.25) is 14.8 Å². The second kappa shape index (κ2) is 6.83. The summed E-state index contributed by atoms with van der Waals surface area (Å²) in [4.78, 5) is 9.07. The molecule has 4 heteroatoms. The monoisotopic (exact) mass is 249 g/mol. The Labute approximate surface area is 109 Å². The average molecular weight is 249 g/mol. The lowest BCUT2D eigenvalue weighted by molar-refractivity contribution is 0.108. The third-order valence-corrected chi connectivity index (χ3v) is 3.55. The third kappa shape index (κ3) is 3.77. The quantitative estimate of drug-likeness (QED) is 0.836. The first-order chi connectivity index (χ1) is 8.81. The zero-order valence-electron chi connectivity index (χ0n) is 11.2. The predicted molar refractivity (Wildman–Crippen MR) is 72.4 cm³/mol. The molecule has 0 saturated carbocycles. The fourth-order valence-corrected chi connectivity index (χ4v) is 2.39. The maximum Gasteiger partial charge on any atom is 0.0558 e. The molecule has 0 unspecified atom stereocenters. The molecular formula is C14H23N3O. The molecule has 1 aliphatic rings. The van der Waals surface area contributed by atoms with Crippen LogP contribution in [-0.2, 0) is 13.0 Å². The molecule has 0 aliphatic carbocycles. The lowest BCUT2D eigenvalue weighted by atomic mass is 10.1. The number of piperazine rings is 1. The van der Waals surface area contributed by atoms with E-state index in [1.54, 1.807) is 0 Å². The average Bonchev–Trinajstić information content (AvgIpc) is 2.42. The number of aryl methyl sites for hydroxylation is 1. The van der Waals surface area contributed by atoms with Gasteiger partial charge in [-0.25, -0.2) is 0 Å². The van der Waals surface area contributed by atoms with Crippen LogP contribution in [-0.4, -0.2) is 59.2 Å². The molecule has 0 atom stereocenters. The van der Waals surface area contributed by atoms with Crippen molar-refractivity contribution in [2.24, 2.45) is 0 Å². The van der Waals surface area contributed by atoms with Gasteiger partial charge in [0.25, 0.3) is 0 Å². The fraction of sp³-hybridized carbons (Fsp3) is 0.643. The summed E-state index contributed by atoms with van der Waals surface area (Å²) < 4.78 is 0. The molecule has 2 rings (SSSR count). The fourth-order valence-electron chi connectivity index (χ4n) is 2.39. The normalized spacial score (nSPS) is 18.1. The molecule has 0 spiro atoms. The van der Waals surface area contributed by atoms with E-state index in [1.165, 1.54) is 11.1 Å². The molecular weight excluding hydrogens is 226 g/mol. The first-order valence-electron chi connectivity index (χ1n) is 6.80. The Morgan fingerprint density at radius 1 is 1.11 bits per heavy atom. The highest BCUT2D eigenvalue weighted by Gasteiger charge is 2.16. The van der Waals surface area contributed by atoms with Crippen LogP contribution in [0.4, 0.5) is 0 Å². The van der Waals surface area contributed by atoms with Crippen LogP contribution in [0.5, 0.6) is 0 Å². The standard InChI is InChI=1S/C14H23N3O/c1-2-13-9-14(11-15-10-13)12-17-5-3-16(4-6-17)7-8-18/h9-11,18H,2-8,12H2,1H3. The number of aliphatic hydroxyl groups is 1. The number of hydrogen-bond donors (Lipinski definition) is 1. The van der Waals surface area contributed by atoms with Gasteiger partial charge in [0.05, 0.1) is 6.61 Å². The number of hydrogen-bond acceptors (Lipinski definition) is 4. The molecule has 4 nitrogen and oxygen atoms in total. The van der Waals surface area contributed by atoms with Crippen LogP contribution in [0.2, 0.25) is 0 Å². The molecule has 1 N–H and O–H groups in total. The summed E-state index contributed by atoms with van der Waals surface area (Å²) in [7, 11) is 0. The Kier molecular flexibility index (Phi) is 5.11. The zero-order valence-corrected chi connectivity index (χ0v) is 11.2. The highest BCUT2D eigenvalue weighted by Crippen LogP contribution is 2.09. The van der Waals surface area contributed by atoms with Crippen LogP contribution in [0, 0.1) is 0 Å². The molecule has 100 valence electrons. The number of nitrogens with zero attached hydrogens (tertiary/aromatic N) is 3. The summed E-state index contributed by atoms with van der Waals surface area (Å²) in [6.45, 7) is 8.50. The highest BCUT2D eigenvalue weighted by molar-refractivity contribution is 5.18. The maximum atomic E-state index is 8.91. The van der Waals surface area contributed by atoms with Gasteiger partial charge in [0, 0.05) is 51.7 Å². The minimum Gasteiger partial charge on any atom is -0.395 e. The van der Waals surface area contributed by atoms with Crippen molar-refractivity contribution in [3.63, 3.8) is 0 Å². The number of aliphatic hydroxyl groups excluding tert-OH is 1. The smallest absolute Gasteiger partial charge is 0.0558 e. The van der Waals surface area contributed by atoms with E-state index < -0.39 is 0 Å². The Morgan fingerprint density at radius 2 is 1.78 bits per heavy atom. The van der Waals surface area contributed by atoms with Crippen LogP contribution in [0.25, 0.3) is 0 Å². The van der Waals surface area contributed by atoms with Crippen LogP contribution in [0.3, 0.4) is 0 Å². The molecule has 1 aromatic heterocycles. The summed E-state index contributed by atoms with van der Waals surface area (Å²) in [5.74, 6) is 0. The van der Waals surface area contributed by atoms with E-state index in [-0.39, 0.29) is 6.61 Å². The maximum absolute atomic E-state index is 8.91. The Balaban J connectivity index is 1.83. The zero-order chi connectivity index (χ0) is 12.8. The Hall–Kier alpha value is -0.970. The highest BCUT2D eigenvalue weighted by atomic mass is 16.3. The summed E-state index contributed by atoms with van der Waals surface area (Å²) in [5, 5.41) is 8.91. The Bertz CT molecular complexity index is 362. The van der Waals surface area contributed by atoms with E-state index in [2.05, 4.69) is 27.8 Å². The van der Waals surface area contributed by atoms with Crippen molar-refractivity contribution in [2.45, 2.75) is 19.9 Å². The SMILES string of the molecule is CCc1cncc(CN2CCN(CCO)CC2)c1. The molecule has 0 radical (unpaired) electrons. The molecule has 1 saturated heterocycles. The van der Waals surface area contributed by atoms with Gasteiger partial charge in [-0.15, -0.1) is 0 Å². The Morgan fingerprint density at radius 3 is 2.44 bits per heavy atom. The number of β-amino-alcohol motifs (C(OH)–C–C–N with tert-alkyl or cyclic N) is 1. The molecule has 0 aromatic carbocycles. The summed E-state index contributed by atoms with van der Waals surface area (Å²) in [5.41, 5.74) is 2.62. The number of aromatic nitrogens is 1. The van der Waals surface area contributed by atoms with E-state index in [0.717, 1.165) is 45.7 Å². The van der Waals surface area contributed by atoms with Crippen LogP contribution >= 0.6 is 0 Å². The molecule has 1 aromatic rings. The van der Waals surface area contributed by atoms with E-state index in [9.17, 15) is 0 Å². The topological polar surface area (TPSA) is 39.6 Å². The lowest BCUT2D eigenvalue weighted by Crippen LogP contribution is -2.46. The molecule has 18 heavy (non-hydrogen) atoms. The van der Waals surface area contributed by atoms with Crippen molar-refractivity contribution < 1.29 is 5.11 Å². The van der Waals surface area contributed by atoms with E-state index >= 15 is 0 Å². The molecule has 0 amide bonds. The molecule has 1 aliphatic heterocycles. The van der Waals surface area contributed by atoms with Gasteiger partial charge in [-0.05, 0) is 17.5 Å². The lowest BCUT2D eigenvalue weighted by Gasteiger charge is -2.34. The first-order valence-corrected chi connectivity index (χ1v) is 6.80. The van der Waals surface area contributed by atoms with Gasteiger partial charge in [-0.2, -0.15) is 0 Å². The molecule has 0 bridgehead atoms. The van der Waals surface area contributed by atoms with Crippen LogP contribution < -0.4 is 0 Å². The third-order valence-electron chi connectivity index (χ3n) is 3.55. The van der Waals surface area contributed by atoms with Gasteiger partial charge >= 0.3 is 0 Å². The van der Waals surface area contributed by atoms with E-state index in [4.69, 9.17) is 5.11 Å². The second-order valence-electron chi connectivity index (χ2n) is 4.90. The van der Waals surface area contributed by atoms with Crippen molar-refractivity contribution in [3.8, 4) is 0 Å². The van der Waals surface area contributed by atoms with Crippen molar-refractivity contribution in [1.29, 1.82) is 0 Å². The molecule has 1 fully saturated rings. The van der Waals surface area contributed by atoms with Crippen LogP contribution in [0.1, 0.15) is 18.1 Å². The van der Waals surface area contributed by atoms with Gasteiger partial charge < -0.3 is 5.11 Å². The van der Waals surface area contributed by atoms with Gasteiger partial charge in [0.2, 0.25) is 0 Å². The van der Waals surface area contributed by atoms with Crippen molar-refractivity contribution in [3.05, 3.63) is 29.6 Å². The summed E-state index contributed by atoms with van der Waals surface area (Å²) in [6.07, 6.45) is 4.97. The largest absolute Gasteiger partial charge is 0.395 e. The summed E-state index contributed by atoms with van der Waals surface area (Å²) >= 11 is 0. The van der Waals surface area contributed by atoms with Crippen molar-refractivity contribution >= 4 is 0 Å². The predicted octanol–water partition coefficient (Wildman–Crippen LogP) is 0.754. The number of pyridine rings is 1. The molecule has 2 heterocycles. The van der Waals surface area contributed by atoms with E-state index in [1.807, 2.05) is 12.4 Å². The minimum atomic E-state index is 0.266. The van der Waals surface area contributed by atoms with E-state index in [0.29, 0.717) is 0 Å². The summed E-state index contributed by atoms with van der Waals surface area (Å²) in [6, 6.07) is 2.26. The van der Waals surface area contributed by atoms with Gasteiger partial charge in [0.15, 0.2) is 0 Å². The number of rotatable bonds is 5. The second-order valence-corrected chi connectivity index (χ2v) is 4.90. The van der Waals surface area contributed by atoms with Crippen LogP contribution in [0.15, 0.2) is 18.5 Å². The van der Waals surface area contributed by atoms with Crippen molar-refractivity contribution in [1.82, 2.24) is 14.8 Å². The van der Waals surface area contributed by atoms with Gasteiger partial charge in [0.1, 0.15) is 0 Å². The minimum absolute atomic E-state index is 0.266.